The Bertz CT molecular complexity index is 914. The first kappa shape index (κ1) is 21.5. The second-order valence-corrected chi connectivity index (χ2v) is 7.86. The number of hydrogen-bond donors (Lipinski definition) is 3. The number of rotatable bonds is 6. The molecule has 9 heteroatoms. The average Bonchev–Trinajstić information content (AvgIpc) is 3.00. The molecule has 0 aliphatic carbocycles. The van der Waals surface area contributed by atoms with E-state index in [1.54, 1.807) is 45.0 Å². The first-order valence-electron chi connectivity index (χ1n) is 8.49. The van der Waals surface area contributed by atoms with Crippen LogP contribution in [0.15, 0.2) is 39.7 Å². The van der Waals surface area contributed by atoms with Crippen LogP contribution in [0.5, 0.6) is 0 Å². The molecule has 0 spiro atoms. The molecule has 0 aliphatic heterocycles. The van der Waals surface area contributed by atoms with Gasteiger partial charge in [-0.25, -0.2) is 4.79 Å². The molecule has 0 atom stereocenters. The molecule has 1 heterocycles. The van der Waals surface area contributed by atoms with Crippen molar-refractivity contribution in [2.75, 3.05) is 18.4 Å². The molecule has 0 saturated carbocycles. The van der Waals surface area contributed by atoms with Crippen molar-refractivity contribution in [2.45, 2.75) is 26.4 Å². The second-order valence-electron chi connectivity index (χ2n) is 6.91. The standard InChI is InChI=1S/C19H22BrN3O5/c1-11(20)16(24)23-13-5-6-14-12(9-13)10-15(27-14)17(25)21-7-8-22-18(26)28-19(2,3)4/h5-6,9-10H,1,7-8H2,2-4H3,(H,21,25)(H,22,26)(H,23,24). The zero-order valence-electron chi connectivity index (χ0n) is 15.8. The maximum atomic E-state index is 12.2. The lowest BCUT2D eigenvalue weighted by Gasteiger charge is -2.19. The minimum atomic E-state index is -0.582. The molecule has 150 valence electrons. The molecule has 8 nitrogen and oxygen atoms in total. The molecule has 0 unspecified atom stereocenters. The van der Waals surface area contributed by atoms with Crippen LogP contribution in [0.3, 0.4) is 0 Å². The summed E-state index contributed by atoms with van der Waals surface area (Å²) in [5, 5.41) is 8.52. The first-order chi connectivity index (χ1) is 13.0. The zero-order valence-corrected chi connectivity index (χ0v) is 17.4. The molecule has 0 aliphatic rings. The van der Waals surface area contributed by atoms with Crippen molar-refractivity contribution in [2.24, 2.45) is 0 Å². The predicted octanol–water partition coefficient (Wildman–Crippen LogP) is 3.53. The van der Waals surface area contributed by atoms with Gasteiger partial charge in [0.15, 0.2) is 5.76 Å². The van der Waals surface area contributed by atoms with Gasteiger partial charge in [0.05, 0.1) is 4.48 Å². The number of furan rings is 1. The SMILES string of the molecule is C=C(Br)C(=O)Nc1ccc2oc(C(=O)NCCNC(=O)OC(C)(C)C)cc2c1. The van der Waals surface area contributed by atoms with Crippen LogP contribution in [0, 0.1) is 0 Å². The number of anilines is 1. The fourth-order valence-electron chi connectivity index (χ4n) is 2.17. The Kier molecular flexibility index (Phi) is 6.85. The maximum Gasteiger partial charge on any atom is 0.407 e. The number of hydrogen-bond acceptors (Lipinski definition) is 5. The summed E-state index contributed by atoms with van der Waals surface area (Å²) in [5.74, 6) is -0.652. The molecule has 0 bridgehead atoms. The summed E-state index contributed by atoms with van der Waals surface area (Å²) in [5.41, 5.74) is 0.474. The van der Waals surface area contributed by atoms with E-state index < -0.39 is 17.6 Å². The number of carbonyl (C=O) groups excluding carboxylic acids is 3. The van der Waals surface area contributed by atoms with E-state index in [0.717, 1.165) is 0 Å². The molecule has 2 aromatic rings. The maximum absolute atomic E-state index is 12.2. The summed E-state index contributed by atoms with van der Waals surface area (Å²) in [7, 11) is 0. The van der Waals surface area contributed by atoms with E-state index >= 15 is 0 Å². The van der Waals surface area contributed by atoms with Crippen LogP contribution >= 0.6 is 15.9 Å². The van der Waals surface area contributed by atoms with Crippen LogP contribution in [0.25, 0.3) is 11.0 Å². The molecule has 0 radical (unpaired) electrons. The molecule has 1 aromatic carbocycles. The van der Waals surface area contributed by atoms with Gasteiger partial charge in [-0.3, -0.25) is 9.59 Å². The van der Waals surface area contributed by atoms with Gasteiger partial charge in [-0.2, -0.15) is 0 Å². The fraction of sp³-hybridized carbons (Fsp3) is 0.316. The van der Waals surface area contributed by atoms with Gasteiger partial charge in [0.2, 0.25) is 0 Å². The molecule has 28 heavy (non-hydrogen) atoms. The lowest BCUT2D eigenvalue weighted by Crippen LogP contribution is -2.37. The fourth-order valence-corrected chi connectivity index (χ4v) is 2.27. The van der Waals surface area contributed by atoms with Crippen LogP contribution < -0.4 is 16.0 Å². The van der Waals surface area contributed by atoms with Gasteiger partial charge in [-0.05, 0) is 61.0 Å². The summed E-state index contributed by atoms with van der Waals surface area (Å²) in [6.07, 6.45) is -0.550. The highest BCUT2D eigenvalue weighted by Gasteiger charge is 2.16. The number of halogens is 1. The van der Waals surface area contributed by atoms with E-state index in [1.165, 1.54) is 0 Å². The van der Waals surface area contributed by atoms with E-state index in [1.807, 2.05) is 0 Å². The summed E-state index contributed by atoms with van der Waals surface area (Å²) < 4.78 is 10.8. The molecule has 2 rings (SSSR count). The molecule has 0 saturated heterocycles. The monoisotopic (exact) mass is 451 g/mol. The van der Waals surface area contributed by atoms with E-state index in [0.29, 0.717) is 16.7 Å². The Morgan fingerprint density at radius 1 is 1.14 bits per heavy atom. The van der Waals surface area contributed by atoms with Gasteiger partial charge in [0.1, 0.15) is 11.2 Å². The molecule has 3 amide bonds. The molecule has 3 N–H and O–H groups in total. The smallest absolute Gasteiger partial charge is 0.407 e. The summed E-state index contributed by atoms with van der Waals surface area (Å²) in [6, 6.07) is 6.58. The lowest BCUT2D eigenvalue weighted by molar-refractivity contribution is -0.112. The Balaban J connectivity index is 1.90. The van der Waals surface area contributed by atoms with Crippen molar-refractivity contribution in [3.8, 4) is 0 Å². The van der Waals surface area contributed by atoms with Gasteiger partial charge in [-0.15, -0.1) is 0 Å². The average molecular weight is 452 g/mol. The Hall–Kier alpha value is -2.81. The largest absolute Gasteiger partial charge is 0.451 e. The molecule has 1 aromatic heterocycles. The first-order valence-corrected chi connectivity index (χ1v) is 9.29. The van der Waals surface area contributed by atoms with Crippen LogP contribution in [0.2, 0.25) is 0 Å². The third-order valence-corrected chi connectivity index (χ3v) is 3.68. The normalized spacial score (nSPS) is 11.0. The van der Waals surface area contributed by atoms with Crippen LogP contribution in [-0.2, 0) is 9.53 Å². The third-order valence-electron chi connectivity index (χ3n) is 3.32. The van der Waals surface area contributed by atoms with Gasteiger partial charge in [0.25, 0.3) is 11.8 Å². The van der Waals surface area contributed by atoms with E-state index in [4.69, 9.17) is 9.15 Å². The van der Waals surface area contributed by atoms with Gasteiger partial charge >= 0.3 is 6.09 Å². The van der Waals surface area contributed by atoms with E-state index in [9.17, 15) is 14.4 Å². The number of carbonyl (C=O) groups is 3. The number of amides is 3. The highest BCUT2D eigenvalue weighted by molar-refractivity contribution is 9.12. The van der Waals surface area contributed by atoms with Crippen LogP contribution in [0.4, 0.5) is 10.5 Å². The number of nitrogens with one attached hydrogen (secondary N) is 3. The summed E-state index contributed by atoms with van der Waals surface area (Å²) >= 11 is 3.01. The van der Waals surface area contributed by atoms with Crippen molar-refractivity contribution in [3.05, 3.63) is 41.1 Å². The van der Waals surface area contributed by atoms with Crippen LogP contribution in [0.1, 0.15) is 31.3 Å². The highest BCUT2D eigenvalue weighted by atomic mass is 79.9. The topological polar surface area (TPSA) is 110 Å². The van der Waals surface area contributed by atoms with E-state index in [-0.39, 0.29) is 29.2 Å². The van der Waals surface area contributed by atoms with Crippen molar-refractivity contribution in [1.82, 2.24) is 10.6 Å². The molecule has 0 fully saturated rings. The Labute approximate surface area is 170 Å². The Morgan fingerprint density at radius 3 is 2.46 bits per heavy atom. The minimum Gasteiger partial charge on any atom is -0.451 e. The summed E-state index contributed by atoms with van der Waals surface area (Å²) in [4.78, 5) is 35.4. The van der Waals surface area contributed by atoms with E-state index in [2.05, 4.69) is 38.5 Å². The van der Waals surface area contributed by atoms with Gasteiger partial charge in [-0.1, -0.05) is 6.58 Å². The quantitative estimate of drug-likeness (QED) is 0.459. The lowest BCUT2D eigenvalue weighted by atomic mass is 10.2. The summed E-state index contributed by atoms with van der Waals surface area (Å²) in [6.45, 7) is 9.23. The van der Waals surface area contributed by atoms with Crippen LogP contribution in [-0.4, -0.2) is 36.6 Å². The number of fused-ring (bicyclic) bond motifs is 1. The Morgan fingerprint density at radius 2 is 1.82 bits per heavy atom. The van der Waals surface area contributed by atoms with Crippen molar-refractivity contribution in [3.63, 3.8) is 0 Å². The van der Waals surface area contributed by atoms with Crippen molar-refractivity contribution in [1.29, 1.82) is 0 Å². The molecular weight excluding hydrogens is 430 g/mol. The predicted molar refractivity (Wildman–Crippen MR) is 109 cm³/mol. The van der Waals surface area contributed by atoms with Crippen molar-refractivity contribution >= 4 is 50.5 Å². The van der Waals surface area contributed by atoms with Crippen molar-refractivity contribution < 1.29 is 23.5 Å². The van der Waals surface area contributed by atoms with Gasteiger partial charge < -0.3 is 25.1 Å². The van der Waals surface area contributed by atoms with Gasteiger partial charge in [0, 0.05) is 24.2 Å². The number of ether oxygens (including phenoxy) is 1. The minimum absolute atomic E-state index is 0.126. The number of alkyl carbamates (subject to hydrolysis) is 1. The zero-order chi connectivity index (χ0) is 20.9. The third kappa shape index (κ3) is 6.41. The highest BCUT2D eigenvalue weighted by Crippen LogP contribution is 2.23. The molecular formula is C19H22BrN3O5. The number of benzene rings is 1. The second kappa shape index (κ2) is 8.92.